The Kier molecular flexibility index (Phi) is 5.65. The number of benzene rings is 1. The fourth-order valence-electron chi connectivity index (χ4n) is 3.57. The van der Waals surface area contributed by atoms with Gasteiger partial charge >= 0.3 is 0 Å². The Morgan fingerprint density at radius 1 is 1.25 bits per heavy atom. The summed E-state index contributed by atoms with van der Waals surface area (Å²) in [5.74, 6) is 1.51. The van der Waals surface area contributed by atoms with Crippen LogP contribution in [0.1, 0.15) is 45.2 Å². The van der Waals surface area contributed by atoms with Crippen LogP contribution < -0.4 is 5.73 Å². The first-order chi connectivity index (χ1) is 9.52. The summed E-state index contributed by atoms with van der Waals surface area (Å²) in [4.78, 5) is 2.60. The van der Waals surface area contributed by atoms with Crippen molar-refractivity contribution in [3.05, 3.63) is 34.3 Å². The highest BCUT2D eigenvalue weighted by atomic mass is 79.9. The molecule has 2 rings (SSSR count). The van der Waals surface area contributed by atoms with E-state index in [0.717, 1.165) is 31.3 Å². The van der Waals surface area contributed by atoms with E-state index in [1.54, 1.807) is 0 Å². The van der Waals surface area contributed by atoms with Crippen LogP contribution in [0, 0.1) is 11.8 Å². The lowest BCUT2D eigenvalue weighted by Gasteiger charge is -2.42. The Morgan fingerprint density at radius 2 is 1.85 bits per heavy atom. The molecule has 1 aromatic rings. The molecule has 1 saturated heterocycles. The van der Waals surface area contributed by atoms with E-state index in [9.17, 15) is 0 Å². The Morgan fingerprint density at radius 3 is 2.40 bits per heavy atom. The van der Waals surface area contributed by atoms with Gasteiger partial charge in [0.2, 0.25) is 0 Å². The molecule has 4 atom stereocenters. The van der Waals surface area contributed by atoms with Gasteiger partial charge < -0.3 is 5.73 Å². The van der Waals surface area contributed by atoms with E-state index in [1.807, 2.05) is 0 Å². The summed E-state index contributed by atoms with van der Waals surface area (Å²) < 4.78 is 1.18. The van der Waals surface area contributed by atoms with Gasteiger partial charge in [0.05, 0.1) is 6.04 Å². The van der Waals surface area contributed by atoms with E-state index >= 15 is 0 Å². The summed E-state index contributed by atoms with van der Waals surface area (Å²) in [5, 5.41) is 0. The molecule has 0 saturated carbocycles. The Labute approximate surface area is 131 Å². The van der Waals surface area contributed by atoms with Gasteiger partial charge in [-0.25, -0.2) is 0 Å². The zero-order valence-corrected chi connectivity index (χ0v) is 14.4. The molecule has 0 radical (unpaired) electrons. The van der Waals surface area contributed by atoms with Crippen molar-refractivity contribution < 1.29 is 0 Å². The highest BCUT2D eigenvalue weighted by Crippen LogP contribution is 2.35. The lowest BCUT2D eigenvalue weighted by molar-refractivity contribution is 0.0807. The molecule has 1 aromatic carbocycles. The molecule has 0 aromatic heterocycles. The minimum Gasteiger partial charge on any atom is -0.326 e. The van der Waals surface area contributed by atoms with Crippen molar-refractivity contribution in [3.8, 4) is 0 Å². The van der Waals surface area contributed by atoms with E-state index in [-0.39, 0.29) is 6.04 Å². The summed E-state index contributed by atoms with van der Waals surface area (Å²) in [7, 11) is 0. The van der Waals surface area contributed by atoms with Gasteiger partial charge in [0, 0.05) is 23.6 Å². The van der Waals surface area contributed by atoms with E-state index in [2.05, 4.69) is 65.9 Å². The molecule has 20 heavy (non-hydrogen) atoms. The van der Waals surface area contributed by atoms with Crippen molar-refractivity contribution in [2.24, 2.45) is 17.6 Å². The van der Waals surface area contributed by atoms with Crippen molar-refractivity contribution in [3.63, 3.8) is 0 Å². The predicted octanol–water partition coefficient (Wildman–Crippen LogP) is 4.21. The molecule has 1 aliphatic rings. The second-order valence-corrected chi connectivity index (χ2v) is 7.29. The van der Waals surface area contributed by atoms with Gasteiger partial charge in [-0.1, -0.05) is 54.9 Å². The topological polar surface area (TPSA) is 29.3 Å². The van der Waals surface area contributed by atoms with Gasteiger partial charge in [-0.15, -0.1) is 0 Å². The average Bonchev–Trinajstić information content (AvgIpc) is 2.40. The van der Waals surface area contributed by atoms with Crippen LogP contribution in [0.4, 0.5) is 0 Å². The third-order valence-corrected chi connectivity index (χ3v) is 5.11. The van der Waals surface area contributed by atoms with Crippen molar-refractivity contribution in [1.29, 1.82) is 0 Å². The van der Waals surface area contributed by atoms with E-state index in [4.69, 9.17) is 5.73 Å². The summed E-state index contributed by atoms with van der Waals surface area (Å²) in [6, 6.07) is 9.04. The van der Waals surface area contributed by atoms with Crippen molar-refractivity contribution in [2.75, 3.05) is 13.1 Å². The Hall–Kier alpha value is -0.380. The second-order valence-electron chi connectivity index (χ2n) is 6.44. The minimum atomic E-state index is 0.186. The maximum absolute atomic E-state index is 6.48. The molecule has 112 valence electrons. The summed E-state index contributed by atoms with van der Waals surface area (Å²) >= 11 is 3.71. The average molecular weight is 339 g/mol. The van der Waals surface area contributed by atoms with Crippen LogP contribution in [0.2, 0.25) is 0 Å². The molecule has 0 bridgehead atoms. The van der Waals surface area contributed by atoms with Crippen LogP contribution in [0.15, 0.2) is 28.7 Å². The number of hydrogen-bond donors (Lipinski definition) is 1. The predicted molar refractivity (Wildman–Crippen MR) is 89.7 cm³/mol. The monoisotopic (exact) mass is 338 g/mol. The third-order valence-electron chi connectivity index (χ3n) is 4.39. The Balaban J connectivity index is 2.30. The van der Waals surface area contributed by atoms with Crippen LogP contribution in [-0.4, -0.2) is 24.0 Å². The van der Waals surface area contributed by atoms with Crippen LogP contribution in [0.3, 0.4) is 0 Å². The van der Waals surface area contributed by atoms with Crippen LogP contribution >= 0.6 is 15.9 Å². The van der Waals surface area contributed by atoms with E-state index < -0.39 is 0 Å². The standard InChI is InChI=1S/C17H27BrN2/c1-4-16(19)17(14-7-5-6-8-15(14)18)20-10-12(2)9-13(3)11-20/h5-8,12-13,16-17H,4,9-11,19H2,1-3H3. The highest BCUT2D eigenvalue weighted by molar-refractivity contribution is 9.10. The lowest BCUT2D eigenvalue weighted by atomic mass is 9.87. The molecule has 2 nitrogen and oxygen atoms in total. The molecule has 0 amide bonds. The number of rotatable bonds is 4. The first kappa shape index (κ1) is 16.0. The minimum absolute atomic E-state index is 0.186. The first-order valence-corrected chi connectivity index (χ1v) is 8.56. The molecule has 1 aliphatic heterocycles. The van der Waals surface area contributed by atoms with Crippen LogP contribution in [0.25, 0.3) is 0 Å². The fourth-order valence-corrected chi connectivity index (χ4v) is 4.09. The maximum atomic E-state index is 6.48. The summed E-state index contributed by atoms with van der Waals surface area (Å²) in [6.07, 6.45) is 2.34. The number of nitrogens with zero attached hydrogens (tertiary/aromatic N) is 1. The van der Waals surface area contributed by atoms with E-state index in [0.29, 0.717) is 6.04 Å². The van der Waals surface area contributed by atoms with Crippen LogP contribution in [-0.2, 0) is 0 Å². The molecule has 3 heteroatoms. The van der Waals surface area contributed by atoms with Gasteiger partial charge in [-0.2, -0.15) is 0 Å². The zero-order chi connectivity index (χ0) is 14.7. The van der Waals surface area contributed by atoms with Crippen molar-refractivity contribution >= 4 is 15.9 Å². The number of piperidine rings is 1. The highest BCUT2D eigenvalue weighted by Gasteiger charge is 2.32. The number of likely N-dealkylation sites (tertiary alicyclic amines) is 1. The number of halogens is 1. The van der Waals surface area contributed by atoms with Crippen LogP contribution in [0.5, 0.6) is 0 Å². The SMILES string of the molecule is CCC(N)C(c1ccccc1Br)N1CC(C)CC(C)C1. The van der Waals surface area contributed by atoms with Gasteiger partial charge in [0.25, 0.3) is 0 Å². The first-order valence-electron chi connectivity index (χ1n) is 7.77. The quantitative estimate of drug-likeness (QED) is 0.891. The second kappa shape index (κ2) is 7.06. The largest absolute Gasteiger partial charge is 0.326 e. The van der Waals surface area contributed by atoms with Crippen molar-refractivity contribution in [2.45, 2.75) is 45.7 Å². The summed E-state index contributed by atoms with van der Waals surface area (Å²) in [6.45, 7) is 9.22. The molecular formula is C17H27BrN2. The maximum Gasteiger partial charge on any atom is 0.0510 e. The molecule has 2 N–H and O–H groups in total. The van der Waals surface area contributed by atoms with Crippen molar-refractivity contribution in [1.82, 2.24) is 4.90 Å². The number of nitrogens with two attached hydrogens (primary N) is 1. The summed E-state index contributed by atoms with van der Waals surface area (Å²) in [5.41, 5.74) is 7.81. The van der Waals surface area contributed by atoms with Gasteiger partial charge in [0.1, 0.15) is 0 Å². The molecule has 0 aliphatic carbocycles. The molecule has 1 heterocycles. The molecule has 0 spiro atoms. The molecule has 1 fully saturated rings. The lowest BCUT2D eigenvalue weighted by Crippen LogP contribution is -2.47. The number of hydrogen-bond acceptors (Lipinski definition) is 2. The van der Waals surface area contributed by atoms with Gasteiger partial charge in [0.15, 0.2) is 0 Å². The Bertz CT molecular complexity index is 425. The molecular weight excluding hydrogens is 312 g/mol. The van der Waals surface area contributed by atoms with Gasteiger partial charge in [-0.05, 0) is 36.3 Å². The fraction of sp³-hybridized carbons (Fsp3) is 0.647. The molecule has 4 unspecified atom stereocenters. The normalized spacial score (nSPS) is 27.2. The zero-order valence-electron chi connectivity index (χ0n) is 12.8. The third kappa shape index (κ3) is 3.63. The van der Waals surface area contributed by atoms with E-state index in [1.165, 1.54) is 16.5 Å². The smallest absolute Gasteiger partial charge is 0.0510 e. The van der Waals surface area contributed by atoms with Gasteiger partial charge in [-0.3, -0.25) is 4.90 Å².